The van der Waals surface area contributed by atoms with Gasteiger partial charge in [-0.15, -0.1) is 0 Å². The fourth-order valence-electron chi connectivity index (χ4n) is 2.27. The fourth-order valence-corrected chi connectivity index (χ4v) is 3.69. The zero-order valence-corrected chi connectivity index (χ0v) is 15.2. The van der Waals surface area contributed by atoms with Crippen molar-refractivity contribution in [3.8, 4) is 5.82 Å². The maximum absolute atomic E-state index is 12.4. The number of sulfonamides is 1. The second kappa shape index (κ2) is 6.42. The molecule has 3 rings (SSSR count). The maximum Gasteiger partial charge on any atom is 0.268 e. The topological polar surface area (TPSA) is 132 Å². The normalized spacial score (nSPS) is 11.5. The van der Waals surface area contributed by atoms with Crippen LogP contribution in [-0.2, 0) is 17.1 Å². The summed E-state index contributed by atoms with van der Waals surface area (Å²) in [6, 6.07) is 4.02. The van der Waals surface area contributed by atoms with Crippen LogP contribution in [0.1, 0.15) is 16.1 Å². The first-order chi connectivity index (χ1) is 12.2. The molecule has 0 saturated heterocycles. The lowest BCUT2D eigenvalue weighted by molar-refractivity contribution is 0.0981. The summed E-state index contributed by atoms with van der Waals surface area (Å²) in [6.07, 6.45) is 2.73. The van der Waals surface area contributed by atoms with Crippen molar-refractivity contribution in [2.75, 3.05) is 0 Å². The zero-order chi connectivity index (χ0) is 19.1. The monoisotopic (exact) mass is 396 g/mol. The van der Waals surface area contributed by atoms with Gasteiger partial charge in [0.05, 0.1) is 11.3 Å². The molecule has 0 unspecified atom stereocenters. The number of hydrogen-bond acceptors (Lipinski definition) is 6. The molecule has 12 heteroatoms. The number of halogens is 1. The molecule has 1 amide bonds. The molecule has 0 aliphatic carbocycles. The van der Waals surface area contributed by atoms with Crippen LogP contribution in [0.2, 0.25) is 5.15 Å². The van der Waals surface area contributed by atoms with E-state index in [9.17, 15) is 18.0 Å². The molecule has 0 aliphatic heterocycles. The van der Waals surface area contributed by atoms with Crippen LogP contribution in [0.4, 0.5) is 0 Å². The smallest absolute Gasteiger partial charge is 0.268 e. The molecule has 3 aromatic rings. The van der Waals surface area contributed by atoms with E-state index in [-0.39, 0.29) is 32.7 Å². The lowest BCUT2D eigenvalue weighted by atomic mass is 10.3. The van der Waals surface area contributed by atoms with Gasteiger partial charge < -0.3 is 0 Å². The number of carbonyl (C=O) groups excluding carboxylic acids is 1. The lowest BCUT2D eigenvalue weighted by Crippen LogP contribution is -2.31. The summed E-state index contributed by atoms with van der Waals surface area (Å²) in [5.41, 5.74) is -0.207. The van der Waals surface area contributed by atoms with Gasteiger partial charge in [-0.3, -0.25) is 19.4 Å². The molecule has 0 aliphatic rings. The summed E-state index contributed by atoms with van der Waals surface area (Å²) in [7, 11) is -2.55. The van der Waals surface area contributed by atoms with Crippen LogP contribution >= 0.6 is 11.6 Å². The van der Waals surface area contributed by atoms with Gasteiger partial charge in [-0.25, -0.2) is 22.8 Å². The Bertz CT molecular complexity index is 1160. The molecule has 3 heterocycles. The number of rotatable bonds is 4. The standard InChI is InChI=1S/C14H13ClN6O4S/c1-8-10(7-20(2)17-8)26(24,25)19-14(23)9-3-4-11(16-13(9)15)21-6-5-12(22)18-21/h3-7H,1-2H3,(H,18,22)(H,19,23). The molecule has 0 atom stereocenters. The first-order valence-electron chi connectivity index (χ1n) is 7.19. The molecule has 0 bridgehead atoms. The first-order valence-corrected chi connectivity index (χ1v) is 9.05. The number of hydrogen-bond donors (Lipinski definition) is 2. The van der Waals surface area contributed by atoms with Gasteiger partial charge in [-0.1, -0.05) is 11.6 Å². The van der Waals surface area contributed by atoms with Crippen LogP contribution in [-0.4, -0.2) is 38.9 Å². The minimum absolute atomic E-state index is 0.112. The van der Waals surface area contributed by atoms with E-state index in [2.05, 4.69) is 15.2 Å². The van der Waals surface area contributed by atoms with Crippen molar-refractivity contribution in [2.45, 2.75) is 11.8 Å². The molecule has 26 heavy (non-hydrogen) atoms. The van der Waals surface area contributed by atoms with Crippen molar-refractivity contribution in [3.63, 3.8) is 0 Å². The van der Waals surface area contributed by atoms with Gasteiger partial charge in [0.1, 0.15) is 10.0 Å². The van der Waals surface area contributed by atoms with Crippen LogP contribution in [0.3, 0.4) is 0 Å². The van der Waals surface area contributed by atoms with Crippen molar-refractivity contribution >= 4 is 27.5 Å². The molecule has 2 N–H and O–H groups in total. The van der Waals surface area contributed by atoms with Gasteiger partial charge in [0.2, 0.25) is 0 Å². The van der Waals surface area contributed by atoms with E-state index in [1.54, 1.807) is 7.05 Å². The third kappa shape index (κ3) is 3.39. The molecule has 0 fully saturated rings. The Morgan fingerprint density at radius 1 is 1.31 bits per heavy atom. The quantitative estimate of drug-likeness (QED) is 0.612. The number of nitrogens with zero attached hydrogens (tertiary/aromatic N) is 4. The molecule has 0 saturated carbocycles. The summed E-state index contributed by atoms with van der Waals surface area (Å²) in [6.45, 7) is 1.51. The van der Waals surface area contributed by atoms with E-state index >= 15 is 0 Å². The second-order valence-corrected chi connectivity index (χ2v) is 7.37. The molecular weight excluding hydrogens is 384 g/mol. The average molecular weight is 397 g/mol. The van der Waals surface area contributed by atoms with Crippen molar-refractivity contribution in [3.05, 3.63) is 57.4 Å². The number of amides is 1. The molecule has 3 aromatic heterocycles. The molecule has 0 aromatic carbocycles. The Balaban J connectivity index is 1.88. The average Bonchev–Trinajstić information content (AvgIpc) is 3.12. The second-order valence-electron chi connectivity index (χ2n) is 5.36. The SMILES string of the molecule is Cc1nn(C)cc1S(=O)(=O)NC(=O)c1ccc(-n2ccc(=O)[nH]2)nc1Cl. The highest BCUT2D eigenvalue weighted by atomic mass is 35.5. The van der Waals surface area contributed by atoms with Gasteiger partial charge in [0, 0.05) is 25.5 Å². The van der Waals surface area contributed by atoms with Crippen LogP contribution in [0.25, 0.3) is 5.82 Å². The van der Waals surface area contributed by atoms with Gasteiger partial charge in [-0.05, 0) is 19.1 Å². The maximum atomic E-state index is 12.4. The van der Waals surface area contributed by atoms with E-state index < -0.39 is 15.9 Å². The summed E-state index contributed by atoms with van der Waals surface area (Å²) >= 11 is 6.00. The minimum Gasteiger partial charge on any atom is -0.274 e. The van der Waals surface area contributed by atoms with E-state index in [1.165, 1.54) is 46.9 Å². The molecule has 10 nitrogen and oxygen atoms in total. The third-order valence-electron chi connectivity index (χ3n) is 3.42. The Kier molecular flexibility index (Phi) is 4.42. The fraction of sp³-hybridized carbons (Fsp3) is 0.143. The Morgan fingerprint density at radius 2 is 2.04 bits per heavy atom. The van der Waals surface area contributed by atoms with Gasteiger partial charge in [0.25, 0.3) is 21.5 Å². The third-order valence-corrected chi connectivity index (χ3v) is 5.14. The number of aromatic nitrogens is 5. The lowest BCUT2D eigenvalue weighted by Gasteiger charge is -2.08. The summed E-state index contributed by atoms with van der Waals surface area (Å²) in [5, 5.41) is 6.19. The zero-order valence-electron chi connectivity index (χ0n) is 13.6. The number of aromatic amines is 1. The van der Waals surface area contributed by atoms with Crippen LogP contribution in [0.15, 0.2) is 40.3 Å². The summed E-state index contributed by atoms with van der Waals surface area (Å²) in [5.74, 6) is -0.669. The van der Waals surface area contributed by atoms with Gasteiger partial charge in [-0.2, -0.15) is 5.10 Å². The Hall–Kier alpha value is -2.92. The van der Waals surface area contributed by atoms with Crippen molar-refractivity contribution in [2.24, 2.45) is 7.05 Å². The highest BCUT2D eigenvalue weighted by molar-refractivity contribution is 7.90. The molecule has 136 valence electrons. The van der Waals surface area contributed by atoms with Crippen molar-refractivity contribution in [1.82, 2.24) is 29.3 Å². The van der Waals surface area contributed by atoms with E-state index in [0.717, 1.165) is 0 Å². The molecular formula is C14H13ClN6O4S. The largest absolute Gasteiger partial charge is 0.274 e. The van der Waals surface area contributed by atoms with E-state index in [1.807, 2.05) is 4.72 Å². The van der Waals surface area contributed by atoms with Crippen molar-refractivity contribution < 1.29 is 13.2 Å². The van der Waals surface area contributed by atoms with E-state index in [4.69, 9.17) is 11.6 Å². The minimum atomic E-state index is -4.12. The van der Waals surface area contributed by atoms with Crippen molar-refractivity contribution in [1.29, 1.82) is 0 Å². The number of aryl methyl sites for hydroxylation is 2. The Labute approximate surface area is 152 Å². The number of carbonyl (C=O) groups is 1. The number of H-pyrrole nitrogens is 1. The molecule has 0 spiro atoms. The highest BCUT2D eigenvalue weighted by Gasteiger charge is 2.24. The van der Waals surface area contributed by atoms with Gasteiger partial charge >= 0.3 is 0 Å². The van der Waals surface area contributed by atoms with Crippen LogP contribution < -0.4 is 10.3 Å². The van der Waals surface area contributed by atoms with Crippen LogP contribution in [0, 0.1) is 6.92 Å². The summed E-state index contributed by atoms with van der Waals surface area (Å²) in [4.78, 5) is 27.4. The number of pyridine rings is 1. The Morgan fingerprint density at radius 3 is 2.58 bits per heavy atom. The predicted octanol–water partition coefficient (Wildman–Crippen LogP) is 0.375. The predicted molar refractivity (Wildman–Crippen MR) is 91.8 cm³/mol. The highest BCUT2D eigenvalue weighted by Crippen LogP contribution is 2.18. The molecule has 0 radical (unpaired) electrons. The van der Waals surface area contributed by atoms with Gasteiger partial charge in [0.15, 0.2) is 5.82 Å². The van der Waals surface area contributed by atoms with Crippen LogP contribution in [0.5, 0.6) is 0 Å². The van der Waals surface area contributed by atoms with E-state index in [0.29, 0.717) is 0 Å². The summed E-state index contributed by atoms with van der Waals surface area (Å²) < 4.78 is 29.3. The number of nitrogens with one attached hydrogen (secondary N) is 2. The first kappa shape index (κ1) is 17.9.